The van der Waals surface area contributed by atoms with E-state index < -0.39 is 11.6 Å². The summed E-state index contributed by atoms with van der Waals surface area (Å²) in [5.41, 5.74) is 1.71. The first-order valence-electron chi connectivity index (χ1n) is 11.2. The fourth-order valence-corrected chi connectivity index (χ4v) is 3.53. The van der Waals surface area contributed by atoms with Crippen molar-refractivity contribution in [2.24, 2.45) is 0 Å². The lowest BCUT2D eigenvalue weighted by Crippen LogP contribution is -2.24. The van der Waals surface area contributed by atoms with Gasteiger partial charge in [0.15, 0.2) is 0 Å². The predicted octanol–water partition coefficient (Wildman–Crippen LogP) is 3.73. The molecule has 35 heavy (non-hydrogen) atoms. The number of benzene rings is 2. The van der Waals surface area contributed by atoms with Crippen molar-refractivity contribution >= 4 is 22.6 Å². The molecule has 0 saturated heterocycles. The Balaban J connectivity index is 1.51. The maximum Gasteiger partial charge on any atom is 0.338 e. The number of carbonyl (C=O) groups excluding carboxylic acids is 2. The Morgan fingerprint density at radius 3 is 2.31 bits per heavy atom. The number of rotatable bonds is 6. The molecule has 1 amide bonds. The second-order valence-corrected chi connectivity index (χ2v) is 9.18. The number of pyridine rings is 1. The minimum atomic E-state index is -0.570. The molecule has 0 spiro atoms. The fraction of sp³-hybridized carbons (Fsp3) is 0.222. The van der Waals surface area contributed by atoms with E-state index in [1.165, 1.54) is 6.33 Å². The zero-order chi connectivity index (χ0) is 25.0. The summed E-state index contributed by atoms with van der Waals surface area (Å²) in [5.74, 6) is -0.680. The summed E-state index contributed by atoms with van der Waals surface area (Å²) in [5, 5.41) is 4.02. The molecule has 1 N–H and O–H groups in total. The van der Waals surface area contributed by atoms with Gasteiger partial charge in [0, 0.05) is 41.6 Å². The quantitative estimate of drug-likeness (QED) is 0.431. The molecule has 0 aliphatic heterocycles. The topological polar surface area (TPSA) is 103 Å². The molecule has 0 aliphatic carbocycles. The lowest BCUT2D eigenvalue weighted by atomic mass is 10.1. The van der Waals surface area contributed by atoms with Crippen molar-refractivity contribution in [1.82, 2.24) is 19.9 Å². The van der Waals surface area contributed by atoms with Crippen LogP contribution < -0.4 is 10.9 Å². The molecule has 2 aromatic heterocycles. The third kappa shape index (κ3) is 5.97. The average molecular weight is 471 g/mol. The van der Waals surface area contributed by atoms with Gasteiger partial charge in [0.1, 0.15) is 11.9 Å². The average Bonchev–Trinajstić information content (AvgIpc) is 2.84. The molecule has 0 aliphatic rings. The molecule has 178 valence electrons. The van der Waals surface area contributed by atoms with E-state index in [1.54, 1.807) is 65.6 Å². The van der Waals surface area contributed by atoms with Gasteiger partial charge < -0.3 is 14.6 Å². The zero-order valence-electron chi connectivity index (χ0n) is 19.8. The van der Waals surface area contributed by atoms with E-state index in [-0.39, 0.29) is 18.0 Å². The summed E-state index contributed by atoms with van der Waals surface area (Å²) in [4.78, 5) is 45.9. The van der Waals surface area contributed by atoms with Crippen LogP contribution in [0, 0.1) is 0 Å². The molecule has 0 saturated carbocycles. The Morgan fingerprint density at radius 2 is 1.63 bits per heavy atom. The first-order chi connectivity index (χ1) is 16.7. The van der Waals surface area contributed by atoms with Gasteiger partial charge in [0.2, 0.25) is 0 Å². The van der Waals surface area contributed by atoms with Gasteiger partial charge in [-0.05, 0) is 62.1 Å². The summed E-state index contributed by atoms with van der Waals surface area (Å²) in [6.07, 6.45) is 6.41. The van der Waals surface area contributed by atoms with Crippen LogP contribution in [-0.2, 0) is 17.8 Å². The normalized spacial score (nSPS) is 11.3. The number of amides is 1. The van der Waals surface area contributed by atoms with Crippen molar-refractivity contribution in [3.05, 3.63) is 106 Å². The van der Waals surface area contributed by atoms with Crippen molar-refractivity contribution < 1.29 is 14.3 Å². The number of carbonyl (C=O) groups is 2. The van der Waals surface area contributed by atoms with Gasteiger partial charge >= 0.3 is 5.97 Å². The summed E-state index contributed by atoms with van der Waals surface area (Å²) >= 11 is 0. The zero-order valence-corrected chi connectivity index (χ0v) is 19.8. The van der Waals surface area contributed by atoms with E-state index in [4.69, 9.17) is 4.74 Å². The number of esters is 1. The minimum Gasteiger partial charge on any atom is -0.456 e. The van der Waals surface area contributed by atoms with Gasteiger partial charge in [0.25, 0.3) is 11.5 Å². The number of nitrogens with zero attached hydrogens (tertiary/aromatic N) is 3. The monoisotopic (exact) mass is 470 g/mol. The number of hydrogen-bond donors (Lipinski definition) is 1. The largest absolute Gasteiger partial charge is 0.456 e. The Labute approximate surface area is 202 Å². The third-order valence-corrected chi connectivity index (χ3v) is 5.25. The van der Waals surface area contributed by atoms with Crippen LogP contribution >= 0.6 is 0 Å². The standard InChI is InChI=1S/C27H26N4O4/c1-27(2,3)35-26(34)21-6-4-18(5-7-21)16-31-11-10-20-8-9-22(12-23(20)25(31)33)24(32)30-15-19-13-28-17-29-14-19/h4-14,17H,15-16H2,1-3H3,(H,30,32). The smallest absolute Gasteiger partial charge is 0.338 e. The lowest BCUT2D eigenvalue weighted by Gasteiger charge is -2.19. The maximum atomic E-state index is 13.2. The van der Waals surface area contributed by atoms with E-state index in [2.05, 4.69) is 15.3 Å². The van der Waals surface area contributed by atoms with Gasteiger partial charge in [-0.1, -0.05) is 18.2 Å². The number of ether oxygens (including phenoxy) is 1. The molecule has 0 bridgehead atoms. The van der Waals surface area contributed by atoms with E-state index >= 15 is 0 Å². The summed E-state index contributed by atoms with van der Waals surface area (Å²) in [7, 11) is 0. The number of fused-ring (bicyclic) bond motifs is 1. The predicted molar refractivity (Wildman–Crippen MR) is 132 cm³/mol. The maximum absolute atomic E-state index is 13.2. The molecule has 8 nitrogen and oxygen atoms in total. The SMILES string of the molecule is CC(C)(C)OC(=O)c1ccc(Cn2ccc3ccc(C(=O)NCc4cncnc4)cc3c2=O)cc1. The van der Waals surface area contributed by atoms with Crippen molar-refractivity contribution in [1.29, 1.82) is 0 Å². The number of nitrogens with one attached hydrogen (secondary N) is 1. The van der Waals surface area contributed by atoms with E-state index in [0.717, 1.165) is 16.5 Å². The molecule has 4 aromatic rings. The molecule has 4 rings (SSSR count). The summed E-state index contributed by atoms with van der Waals surface area (Å²) in [6, 6.07) is 13.9. The lowest BCUT2D eigenvalue weighted by molar-refractivity contribution is 0.00694. The number of aromatic nitrogens is 3. The van der Waals surface area contributed by atoms with Crippen molar-refractivity contribution in [2.45, 2.75) is 39.5 Å². The van der Waals surface area contributed by atoms with Crippen LogP contribution in [0.25, 0.3) is 10.8 Å². The molecule has 0 fully saturated rings. The van der Waals surface area contributed by atoms with Crippen LogP contribution in [0.4, 0.5) is 0 Å². The Hall–Kier alpha value is -4.33. The molecular formula is C27H26N4O4. The Kier molecular flexibility index (Phi) is 6.73. The van der Waals surface area contributed by atoms with Crippen molar-refractivity contribution in [3.63, 3.8) is 0 Å². The second-order valence-electron chi connectivity index (χ2n) is 9.18. The highest BCUT2D eigenvalue weighted by atomic mass is 16.6. The molecule has 2 aromatic carbocycles. The highest BCUT2D eigenvalue weighted by molar-refractivity contribution is 5.98. The van der Waals surface area contributed by atoms with Gasteiger partial charge in [-0.25, -0.2) is 14.8 Å². The van der Waals surface area contributed by atoms with Crippen LogP contribution in [0.3, 0.4) is 0 Å². The van der Waals surface area contributed by atoms with E-state index in [9.17, 15) is 14.4 Å². The second kappa shape index (κ2) is 9.89. The molecule has 0 atom stereocenters. The van der Waals surface area contributed by atoms with Crippen LogP contribution in [0.5, 0.6) is 0 Å². The van der Waals surface area contributed by atoms with Crippen molar-refractivity contribution in [3.8, 4) is 0 Å². The van der Waals surface area contributed by atoms with Gasteiger partial charge in [-0.15, -0.1) is 0 Å². The van der Waals surface area contributed by atoms with Crippen LogP contribution in [-0.4, -0.2) is 32.0 Å². The van der Waals surface area contributed by atoms with Gasteiger partial charge in [0.05, 0.1) is 12.1 Å². The first kappa shape index (κ1) is 23.8. The molecule has 0 radical (unpaired) electrons. The fourth-order valence-electron chi connectivity index (χ4n) is 3.53. The first-order valence-corrected chi connectivity index (χ1v) is 11.2. The Bertz CT molecular complexity index is 1420. The summed E-state index contributed by atoms with van der Waals surface area (Å²) in [6.45, 7) is 6.07. The van der Waals surface area contributed by atoms with Gasteiger partial charge in [-0.2, -0.15) is 0 Å². The molecule has 8 heteroatoms. The summed E-state index contributed by atoms with van der Waals surface area (Å²) < 4.78 is 6.97. The highest BCUT2D eigenvalue weighted by Crippen LogP contribution is 2.15. The molecular weight excluding hydrogens is 444 g/mol. The van der Waals surface area contributed by atoms with Gasteiger partial charge in [-0.3, -0.25) is 9.59 Å². The number of hydrogen-bond acceptors (Lipinski definition) is 6. The van der Waals surface area contributed by atoms with E-state index in [0.29, 0.717) is 23.1 Å². The van der Waals surface area contributed by atoms with Crippen LogP contribution in [0.1, 0.15) is 52.6 Å². The van der Waals surface area contributed by atoms with Crippen LogP contribution in [0.2, 0.25) is 0 Å². The third-order valence-electron chi connectivity index (χ3n) is 5.25. The molecule has 2 heterocycles. The molecule has 0 unspecified atom stereocenters. The van der Waals surface area contributed by atoms with Crippen LogP contribution in [0.15, 0.2) is 78.2 Å². The van der Waals surface area contributed by atoms with E-state index in [1.807, 2.05) is 26.8 Å². The minimum absolute atomic E-state index is 0.204. The highest BCUT2D eigenvalue weighted by Gasteiger charge is 2.17. The Morgan fingerprint density at radius 1 is 0.943 bits per heavy atom. The van der Waals surface area contributed by atoms with Crippen molar-refractivity contribution in [2.75, 3.05) is 0 Å².